The van der Waals surface area contributed by atoms with Crippen molar-refractivity contribution in [2.45, 2.75) is 6.92 Å². The van der Waals surface area contributed by atoms with Crippen LogP contribution >= 0.6 is 11.6 Å². The van der Waals surface area contributed by atoms with E-state index in [0.717, 1.165) is 5.56 Å². The smallest absolute Gasteiger partial charge is 0.335 e. The zero-order valence-electron chi connectivity index (χ0n) is 9.37. The number of methoxy groups -OCH3 is 1. The molecule has 0 atom stereocenters. The summed E-state index contributed by atoms with van der Waals surface area (Å²) in [6.07, 6.45) is 0. The number of carbonyl (C=O) groups excluding carboxylic acids is 1. The summed E-state index contributed by atoms with van der Waals surface area (Å²) in [5, 5.41) is 0.562. The van der Waals surface area contributed by atoms with Crippen LogP contribution in [0.2, 0.25) is 5.02 Å². The second-order valence-corrected chi connectivity index (χ2v) is 3.69. The molecule has 0 spiro atoms. The molecule has 0 radical (unpaired) electrons. The van der Waals surface area contributed by atoms with E-state index in [9.17, 15) is 4.79 Å². The van der Waals surface area contributed by atoms with E-state index >= 15 is 0 Å². The first kappa shape index (κ1) is 12.6. The van der Waals surface area contributed by atoms with Gasteiger partial charge < -0.3 is 4.74 Å². The van der Waals surface area contributed by atoms with Gasteiger partial charge in [0, 0.05) is 12.1 Å². The van der Waals surface area contributed by atoms with Crippen LogP contribution in [0, 0.1) is 6.92 Å². The molecule has 0 bridgehead atoms. The first-order chi connectivity index (χ1) is 7.51. The number of hydrazine groups is 1. The molecule has 1 rings (SSSR count). The van der Waals surface area contributed by atoms with Gasteiger partial charge in [-0.05, 0) is 24.6 Å². The fraction of sp³-hybridized carbons (Fsp3) is 0.300. The molecule has 0 aliphatic carbocycles. The van der Waals surface area contributed by atoms with Crippen molar-refractivity contribution in [1.82, 2.24) is 5.43 Å². The third-order valence-corrected chi connectivity index (χ3v) is 2.66. The highest BCUT2D eigenvalue weighted by atomic mass is 35.5. The summed E-state index contributed by atoms with van der Waals surface area (Å²) in [6, 6.07) is 2.97. The molecule has 1 aromatic rings. The highest BCUT2D eigenvalue weighted by molar-refractivity contribution is 6.31. The van der Waals surface area contributed by atoms with Crippen LogP contribution in [0.3, 0.4) is 0 Å². The van der Waals surface area contributed by atoms with Gasteiger partial charge in [-0.2, -0.15) is 0 Å². The Hall–Kier alpha value is -1.46. The lowest BCUT2D eigenvalue weighted by molar-refractivity contribution is 0.247. The highest BCUT2D eigenvalue weighted by Gasteiger charge is 2.15. The number of nitrogens with one attached hydrogen (secondary N) is 1. The number of carbonyl (C=O) groups is 1. The van der Waals surface area contributed by atoms with E-state index in [1.54, 1.807) is 19.2 Å². The molecule has 0 saturated heterocycles. The molecule has 5 nitrogen and oxygen atoms in total. The van der Waals surface area contributed by atoms with Gasteiger partial charge in [0.05, 0.1) is 12.8 Å². The SMILES string of the molecule is COc1cc(C)c(Cl)cc1N(C)C(=O)NN. The maximum atomic E-state index is 11.4. The Morgan fingerprint density at radius 2 is 2.19 bits per heavy atom. The molecule has 6 heteroatoms. The van der Waals surface area contributed by atoms with Crippen LogP contribution in [0.4, 0.5) is 10.5 Å². The minimum absolute atomic E-state index is 0.446. The number of nitrogens with two attached hydrogens (primary N) is 1. The topological polar surface area (TPSA) is 67.6 Å². The van der Waals surface area contributed by atoms with Crippen LogP contribution in [0.15, 0.2) is 12.1 Å². The zero-order valence-corrected chi connectivity index (χ0v) is 10.1. The molecule has 0 aliphatic rings. The van der Waals surface area contributed by atoms with Crippen LogP contribution in [0.1, 0.15) is 5.56 Å². The summed E-state index contributed by atoms with van der Waals surface area (Å²) in [4.78, 5) is 12.7. The predicted molar refractivity (Wildman–Crippen MR) is 63.9 cm³/mol. The molecule has 0 aliphatic heterocycles. The van der Waals surface area contributed by atoms with Crippen molar-refractivity contribution in [3.8, 4) is 5.75 Å². The number of benzene rings is 1. The van der Waals surface area contributed by atoms with Crippen LogP contribution in [-0.4, -0.2) is 20.2 Å². The lowest BCUT2D eigenvalue weighted by atomic mass is 10.2. The Bertz CT molecular complexity index is 409. The van der Waals surface area contributed by atoms with E-state index in [1.807, 2.05) is 12.3 Å². The van der Waals surface area contributed by atoms with E-state index in [0.29, 0.717) is 16.5 Å². The van der Waals surface area contributed by atoms with Crippen molar-refractivity contribution in [3.05, 3.63) is 22.7 Å². The summed E-state index contributed by atoms with van der Waals surface area (Å²) in [5.41, 5.74) is 3.47. The average molecular weight is 244 g/mol. The molecular weight excluding hydrogens is 230 g/mol. The first-order valence-corrected chi connectivity index (χ1v) is 4.97. The number of hydrogen-bond acceptors (Lipinski definition) is 3. The fourth-order valence-electron chi connectivity index (χ4n) is 1.28. The lowest BCUT2D eigenvalue weighted by Crippen LogP contribution is -2.41. The van der Waals surface area contributed by atoms with Crippen molar-refractivity contribution in [1.29, 1.82) is 0 Å². The van der Waals surface area contributed by atoms with Gasteiger partial charge >= 0.3 is 6.03 Å². The number of ether oxygens (including phenoxy) is 1. The lowest BCUT2D eigenvalue weighted by Gasteiger charge is -2.20. The monoisotopic (exact) mass is 243 g/mol. The predicted octanol–water partition coefficient (Wildman–Crippen LogP) is 1.68. The quantitative estimate of drug-likeness (QED) is 0.472. The molecule has 88 valence electrons. The van der Waals surface area contributed by atoms with Gasteiger partial charge in [-0.3, -0.25) is 10.3 Å². The van der Waals surface area contributed by atoms with Crippen LogP contribution in [0.25, 0.3) is 0 Å². The standard InChI is InChI=1S/C10H14ClN3O2/c1-6-4-9(16-3)8(5-7(6)11)14(2)10(15)13-12/h4-5H,12H2,1-3H3,(H,13,15). The largest absolute Gasteiger partial charge is 0.495 e. The number of halogens is 1. The first-order valence-electron chi connectivity index (χ1n) is 4.59. The van der Waals surface area contributed by atoms with Gasteiger partial charge in [-0.1, -0.05) is 11.6 Å². The molecular formula is C10H14ClN3O2. The molecule has 16 heavy (non-hydrogen) atoms. The zero-order chi connectivity index (χ0) is 12.3. The van der Waals surface area contributed by atoms with Gasteiger partial charge in [0.1, 0.15) is 5.75 Å². The van der Waals surface area contributed by atoms with E-state index in [1.165, 1.54) is 12.0 Å². The Morgan fingerprint density at radius 1 is 1.56 bits per heavy atom. The molecule has 0 aromatic heterocycles. The van der Waals surface area contributed by atoms with Gasteiger partial charge in [0.15, 0.2) is 0 Å². The van der Waals surface area contributed by atoms with Gasteiger partial charge in [-0.15, -0.1) is 0 Å². The van der Waals surface area contributed by atoms with E-state index in [-0.39, 0.29) is 0 Å². The maximum absolute atomic E-state index is 11.4. The number of anilines is 1. The number of rotatable bonds is 2. The minimum atomic E-state index is -0.446. The number of nitrogens with zero attached hydrogens (tertiary/aromatic N) is 1. The second-order valence-electron chi connectivity index (χ2n) is 3.28. The van der Waals surface area contributed by atoms with E-state index in [4.69, 9.17) is 22.2 Å². The molecule has 1 aromatic carbocycles. The van der Waals surface area contributed by atoms with Gasteiger partial charge in [0.2, 0.25) is 0 Å². The van der Waals surface area contributed by atoms with E-state index in [2.05, 4.69) is 0 Å². The van der Waals surface area contributed by atoms with Crippen LogP contribution in [-0.2, 0) is 0 Å². The summed E-state index contributed by atoms with van der Waals surface area (Å²) in [5.74, 6) is 5.62. The third-order valence-electron chi connectivity index (χ3n) is 2.25. The average Bonchev–Trinajstić information content (AvgIpc) is 2.30. The van der Waals surface area contributed by atoms with Crippen molar-refractivity contribution < 1.29 is 9.53 Å². The summed E-state index contributed by atoms with van der Waals surface area (Å²) in [6.45, 7) is 1.86. The van der Waals surface area contributed by atoms with Crippen molar-refractivity contribution in [2.75, 3.05) is 19.1 Å². The summed E-state index contributed by atoms with van der Waals surface area (Å²) < 4.78 is 5.18. The Morgan fingerprint density at radius 3 is 2.69 bits per heavy atom. The number of hydrogen-bond donors (Lipinski definition) is 2. The maximum Gasteiger partial charge on any atom is 0.335 e. The van der Waals surface area contributed by atoms with Crippen molar-refractivity contribution >= 4 is 23.3 Å². The number of amides is 2. The van der Waals surface area contributed by atoms with Crippen molar-refractivity contribution in [3.63, 3.8) is 0 Å². The Balaban J connectivity index is 3.21. The van der Waals surface area contributed by atoms with Gasteiger partial charge in [0.25, 0.3) is 0 Å². The normalized spacial score (nSPS) is 9.81. The molecule has 0 saturated carbocycles. The van der Waals surface area contributed by atoms with Crippen LogP contribution in [0.5, 0.6) is 5.75 Å². The molecule has 0 fully saturated rings. The molecule has 2 amide bonds. The van der Waals surface area contributed by atoms with Crippen molar-refractivity contribution in [2.24, 2.45) is 5.84 Å². The molecule has 0 unspecified atom stereocenters. The van der Waals surface area contributed by atoms with E-state index < -0.39 is 6.03 Å². The minimum Gasteiger partial charge on any atom is -0.495 e. The molecule has 0 heterocycles. The number of urea groups is 1. The second kappa shape index (κ2) is 5.05. The number of aryl methyl sites for hydroxylation is 1. The third kappa shape index (κ3) is 2.37. The summed E-state index contributed by atoms with van der Waals surface area (Å²) >= 11 is 5.99. The highest BCUT2D eigenvalue weighted by Crippen LogP contribution is 2.33. The fourth-order valence-corrected chi connectivity index (χ4v) is 1.43. The Kier molecular flexibility index (Phi) is 3.98. The summed E-state index contributed by atoms with van der Waals surface area (Å²) in [7, 11) is 3.10. The molecule has 3 N–H and O–H groups in total. The van der Waals surface area contributed by atoms with Crippen LogP contribution < -0.4 is 20.9 Å². The Labute approximate surface area is 99.1 Å². The van der Waals surface area contributed by atoms with Gasteiger partial charge in [-0.25, -0.2) is 10.6 Å².